The molecule has 2 rings (SSSR count). The van der Waals surface area contributed by atoms with Crippen molar-refractivity contribution in [3.05, 3.63) is 29.8 Å². The molecule has 126 valence electrons. The zero-order valence-electron chi connectivity index (χ0n) is 14.1. The SMILES string of the molecule is CCN(CC)C(=O)c1ccc(NC(=O)CC2CCNCC2)cc1. The number of benzene rings is 1. The Balaban J connectivity index is 1.89. The van der Waals surface area contributed by atoms with E-state index in [0.29, 0.717) is 31.0 Å². The van der Waals surface area contributed by atoms with Crippen LogP contribution in [-0.2, 0) is 4.79 Å². The lowest BCUT2D eigenvalue weighted by Crippen LogP contribution is -2.30. The molecule has 1 saturated heterocycles. The molecule has 1 aromatic rings. The van der Waals surface area contributed by atoms with Crippen LogP contribution in [0.1, 0.15) is 43.5 Å². The fraction of sp³-hybridized carbons (Fsp3) is 0.556. The van der Waals surface area contributed by atoms with Gasteiger partial charge in [0.2, 0.25) is 5.91 Å². The molecule has 2 amide bonds. The third-order valence-electron chi connectivity index (χ3n) is 4.40. The van der Waals surface area contributed by atoms with Gasteiger partial charge in [0.05, 0.1) is 0 Å². The van der Waals surface area contributed by atoms with Gasteiger partial charge < -0.3 is 15.5 Å². The zero-order valence-corrected chi connectivity index (χ0v) is 14.1. The smallest absolute Gasteiger partial charge is 0.253 e. The number of nitrogens with zero attached hydrogens (tertiary/aromatic N) is 1. The first-order valence-electron chi connectivity index (χ1n) is 8.54. The molecule has 0 spiro atoms. The van der Waals surface area contributed by atoms with Gasteiger partial charge in [-0.25, -0.2) is 0 Å². The first-order valence-corrected chi connectivity index (χ1v) is 8.54. The van der Waals surface area contributed by atoms with E-state index < -0.39 is 0 Å². The normalized spacial score (nSPS) is 15.2. The van der Waals surface area contributed by atoms with E-state index in [2.05, 4.69) is 10.6 Å². The van der Waals surface area contributed by atoms with Crippen LogP contribution in [0.3, 0.4) is 0 Å². The van der Waals surface area contributed by atoms with Crippen molar-refractivity contribution in [1.82, 2.24) is 10.2 Å². The van der Waals surface area contributed by atoms with Crippen LogP contribution in [0.4, 0.5) is 5.69 Å². The minimum Gasteiger partial charge on any atom is -0.339 e. The highest BCUT2D eigenvalue weighted by molar-refractivity contribution is 5.95. The van der Waals surface area contributed by atoms with Gasteiger partial charge in [0, 0.05) is 30.8 Å². The van der Waals surface area contributed by atoms with Gasteiger partial charge in [-0.05, 0) is 70.0 Å². The lowest BCUT2D eigenvalue weighted by atomic mass is 9.94. The Morgan fingerprint density at radius 3 is 2.30 bits per heavy atom. The van der Waals surface area contributed by atoms with E-state index in [1.807, 2.05) is 13.8 Å². The monoisotopic (exact) mass is 317 g/mol. The summed E-state index contributed by atoms with van der Waals surface area (Å²) in [5.41, 5.74) is 1.41. The average molecular weight is 317 g/mol. The van der Waals surface area contributed by atoms with Gasteiger partial charge in [0.15, 0.2) is 0 Å². The van der Waals surface area contributed by atoms with Crippen molar-refractivity contribution in [3.8, 4) is 0 Å². The molecule has 5 nitrogen and oxygen atoms in total. The van der Waals surface area contributed by atoms with Crippen molar-refractivity contribution in [2.45, 2.75) is 33.1 Å². The quantitative estimate of drug-likeness (QED) is 0.847. The second-order valence-electron chi connectivity index (χ2n) is 6.00. The van der Waals surface area contributed by atoms with E-state index in [1.165, 1.54) is 0 Å². The second-order valence-corrected chi connectivity index (χ2v) is 6.00. The van der Waals surface area contributed by atoms with Gasteiger partial charge in [-0.3, -0.25) is 9.59 Å². The molecule has 0 aromatic heterocycles. The number of rotatable bonds is 6. The maximum atomic E-state index is 12.2. The van der Waals surface area contributed by atoms with Crippen molar-refractivity contribution in [1.29, 1.82) is 0 Å². The number of piperidine rings is 1. The van der Waals surface area contributed by atoms with E-state index in [1.54, 1.807) is 29.2 Å². The summed E-state index contributed by atoms with van der Waals surface area (Å²) in [6.07, 6.45) is 2.69. The Hall–Kier alpha value is -1.88. The molecule has 1 aliphatic rings. The van der Waals surface area contributed by atoms with E-state index in [4.69, 9.17) is 0 Å². The minimum atomic E-state index is 0.0302. The standard InChI is InChI=1S/C18H27N3O2/c1-3-21(4-2)18(23)15-5-7-16(8-6-15)20-17(22)13-14-9-11-19-12-10-14/h5-8,14,19H,3-4,9-13H2,1-2H3,(H,20,22). The van der Waals surface area contributed by atoms with Crippen molar-refractivity contribution < 1.29 is 9.59 Å². The van der Waals surface area contributed by atoms with Crippen LogP contribution in [0.25, 0.3) is 0 Å². The number of nitrogens with one attached hydrogen (secondary N) is 2. The summed E-state index contributed by atoms with van der Waals surface area (Å²) < 4.78 is 0. The maximum absolute atomic E-state index is 12.2. The summed E-state index contributed by atoms with van der Waals surface area (Å²) in [4.78, 5) is 26.1. The molecule has 1 aliphatic heterocycles. The largest absolute Gasteiger partial charge is 0.339 e. The lowest BCUT2D eigenvalue weighted by molar-refractivity contribution is -0.117. The summed E-state index contributed by atoms with van der Waals surface area (Å²) in [6.45, 7) is 7.34. The molecule has 1 aromatic carbocycles. The van der Waals surface area contributed by atoms with Crippen LogP contribution >= 0.6 is 0 Å². The number of carbonyl (C=O) groups excluding carboxylic acids is 2. The number of carbonyl (C=O) groups is 2. The molecule has 0 aliphatic carbocycles. The highest BCUT2D eigenvalue weighted by atomic mass is 16.2. The second kappa shape index (κ2) is 8.67. The fourth-order valence-electron chi connectivity index (χ4n) is 2.95. The molecule has 0 saturated carbocycles. The molecule has 5 heteroatoms. The highest BCUT2D eigenvalue weighted by Gasteiger charge is 2.17. The van der Waals surface area contributed by atoms with E-state index in [0.717, 1.165) is 31.6 Å². The van der Waals surface area contributed by atoms with Crippen LogP contribution in [-0.4, -0.2) is 42.9 Å². The summed E-state index contributed by atoms with van der Waals surface area (Å²) in [5.74, 6) is 0.557. The molecule has 0 atom stereocenters. The zero-order chi connectivity index (χ0) is 16.7. The Morgan fingerprint density at radius 1 is 1.13 bits per heavy atom. The van der Waals surface area contributed by atoms with Crippen LogP contribution in [0.15, 0.2) is 24.3 Å². The Labute approximate surface area is 138 Å². The molecular formula is C18H27N3O2. The summed E-state index contributed by atoms with van der Waals surface area (Å²) in [5, 5.41) is 6.23. The van der Waals surface area contributed by atoms with Crippen molar-refractivity contribution >= 4 is 17.5 Å². The molecule has 0 unspecified atom stereocenters. The number of hydrogen-bond acceptors (Lipinski definition) is 3. The minimum absolute atomic E-state index is 0.0302. The van der Waals surface area contributed by atoms with Gasteiger partial charge in [0.25, 0.3) is 5.91 Å². The van der Waals surface area contributed by atoms with E-state index in [9.17, 15) is 9.59 Å². The van der Waals surface area contributed by atoms with Crippen molar-refractivity contribution in [2.75, 3.05) is 31.5 Å². The van der Waals surface area contributed by atoms with Gasteiger partial charge >= 0.3 is 0 Å². The number of hydrogen-bond donors (Lipinski definition) is 2. The molecule has 1 fully saturated rings. The topological polar surface area (TPSA) is 61.4 Å². The number of amides is 2. The van der Waals surface area contributed by atoms with Crippen LogP contribution < -0.4 is 10.6 Å². The third kappa shape index (κ3) is 5.06. The Morgan fingerprint density at radius 2 is 1.74 bits per heavy atom. The van der Waals surface area contributed by atoms with Crippen LogP contribution in [0.5, 0.6) is 0 Å². The predicted octanol–water partition coefficient (Wildman–Crippen LogP) is 2.50. The summed E-state index contributed by atoms with van der Waals surface area (Å²) in [6, 6.07) is 7.16. The molecular weight excluding hydrogens is 290 g/mol. The van der Waals surface area contributed by atoms with Gasteiger partial charge in [0.1, 0.15) is 0 Å². The summed E-state index contributed by atoms with van der Waals surface area (Å²) >= 11 is 0. The molecule has 2 N–H and O–H groups in total. The molecule has 1 heterocycles. The maximum Gasteiger partial charge on any atom is 0.253 e. The summed E-state index contributed by atoms with van der Waals surface area (Å²) in [7, 11) is 0. The van der Waals surface area contributed by atoms with E-state index >= 15 is 0 Å². The molecule has 0 bridgehead atoms. The van der Waals surface area contributed by atoms with E-state index in [-0.39, 0.29) is 11.8 Å². The van der Waals surface area contributed by atoms with Gasteiger partial charge in [-0.1, -0.05) is 0 Å². The predicted molar refractivity (Wildman–Crippen MR) is 92.5 cm³/mol. The van der Waals surface area contributed by atoms with Crippen molar-refractivity contribution in [3.63, 3.8) is 0 Å². The Kier molecular flexibility index (Phi) is 6.59. The highest BCUT2D eigenvalue weighted by Crippen LogP contribution is 2.18. The number of anilines is 1. The fourth-order valence-corrected chi connectivity index (χ4v) is 2.95. The van der Waals surface area contributed by atoms with Crippen LogP contribution in [0, 0.1) is 5.92 Å². The first-order chi connectivity index (χ1) is 11.1. The first kappa shape index (κ1) is 17.5. The van der Waals surface area contributed by atoms with Gasteiger partial charge in [-0.15, -0.1) is 0 Å². The average Bonchev–Trinajstić information content (AvgIpc) is 2.57. The third-order valence-corrected chi connectivity index (χ3v) is 4.40. The Bertz CT molecular complexity index is 518. The van der Waals surface area contributed by atoms with Crippen LogP contribution in [0.2, 0.25) is 0 Å². The lowest BCUT2D eigenvalue weighted by Gasteiger charge is -2.22. The van der Waals surface area contributed by atoms with Gasteiger partial charge in [-0.2, -0.15) is 0 Å². The molecule has 0 radical (unpaired) electrons. The van der Waals surface area contributed by atoms with Crippen molar-refractivity contribution in [2.24, 2.45) is 5.92 Å². The molecule has 23 heavy (non-hydrogen) atoms.